The van der Waals surface area contributed by atoms with Gasteiger partial charge in [0.05, 0.1) is 13.2 Å². The molecule has 1 aromatic heterocycles. The number of nitrogens with zero attached hydrogens (tertiary/aromatic N) is 1. The summed E-state index contributed by atoms with van der Waals surface area (Å²) in [6.07, 6.45) is 0. The first-order valence-electron chi connectivity index (χ1n) is 9.29. The molecule has 0 aliphatic heterocycles. The van der Waals surface area contributed by atoms with Crippen molar-refractivity contribution < 1.29 is 9.15 Å². The van der Waals surface area contributed by atoms with Crippen LogP contribution < -0.4 is 10.6 Å². The average molecular weight is 365 g/mol. The van der Waals surface area contributed by atoms with Gasteiger partial charge in [-0.15, -0.1) is 0 Å². The number of para-hydroxylation sites is 1. The number of hydrogen-bond donors (Lipinski definition) is 2. The van der Waals surface area contributed by atoms with E-state index in [1.54, 1.807) is 7.05 Å². The Balaban J connectivity index is 1.61. The van der Waals surface area contributed by atoms with Crippen LogP contribution in [0.3, 0.4) is 0 Å². The van der Waals surface area contributed by atoms with Crippen LogP contribution in [-0.2, 0) is 24.4 Å². The lowest BCUT2D eigenvalue weighted by molar-refractivity contribution is 0.133. The van der Waals surface area contributed by atoms with E-state index in [1.165, 1.54) is 11.1 Å². The highest BCUT2D eigenvalue weighted by Crippen LogP contribution is 2.24. The minimum Gasteiger partial charge on any atom is -0.459 e. The molecule has 0 aliphatic carbocycles. The Morgan fingerprint density at radius 2 is 1.70 bits per heavy atom. The van der Waals surface area contributed by atoms with Crippen LogP contribution in [0.5, 0.6) is 0 Å². The van der Waals surface area contributed by atoms with Gasteiger partial charge >= 0.3 is 0 Å². The second kappa shape index (κ2) is 9.24. The lowest BCUT2D eigenvalue weighted by atomic mass is 10.1. The van der Waals surface area contributed by atoms with Crippen molar-refractivity contribution >= 4 is 16.9 Å². The van der Waals surface area contributed by atoms with Gasteiger partial charge in [-0.2, -0.15) is 0 Å². The molecule has 0 radical (unpaired) electrons. The molecule has 0 amide bonds. The Labute approximate surface area is 160 Å². The second-order valence-corrected chi connectivity index (χ2v) is 6.33. The molecule has 0 aliphatic rings. The minimum atomic E-state index is 0.584. The first-order valence-corrected chi connectivity index (χ1v) is 9.29. The number of nitrogens with one attached hydrogen (secondary N) is 2. The van der Waals surface area contributed by atoms with E-state index in [2.05, 4.69) is 40.7 Å². The van der Waals surface area contributed by atoms with Crippen LogP contribution in [0.1, 0.15) is 29.4 Å². The highest BCUT2D eigenvalue weighted by atomic mass is 16.5. The molecule has 1 heterocycles. The van der Waals surface area contributed by atoms with Crippen LogP contribution >= 0.6 is 0 Å². The summed E-state index contributed by atoms with van der Waals surface area (Å²) in [5.74, 6) is 1.66. The van der Waals surface area contributed by atoms with E-state index in [-0.39, 0.29) is 0 Å². The quantitative estimate of drug-likeness (QED) is 0.488. The fraction of sp³-hybridized carbons (Fsp3) is 0.318. The number of rotatable bonds is 7. The zero-order chi connectivity index (χ0) is 19.1. The molecule has 2 N–H and O–H groups in total. The van der Waals surface area contributed by atoms with Gasteiger partial charge in [0.15, 0.2) is 5.96 Å². The SMILES string of the molecule is CCOCc1ccccc1CNC(=NC)NCc1oc2ccccc2c1C. The second-order valence-electron chi connectivity index (χ2n) is 6.33. The van der Waals surface area contributed by atoms with Crippen LogP contribution in [0.4, 0.5) is 0 Å². The number of aryl methyl sites for hydroxylation is 1. The van der Waals surface area contributed by atoms with Gasteiger partial charge in [-0.25, -0.2) is 0 Å². The molecule has 5 heteroatoms. The summed E-state index contributed by atoms with van der Waals surface area (Å²) >= 11 is 0. The van der Waals surface area contributed by atoms with E-state index < -0.39 is 0 Å². The monoisotopic (exact) mass is 365 g/mol. The number of furan rings is 1. The largest absolute Gasteiger partial charge is 0.459 e. The third kappa shape index (κ3) is 4.68. The summed E-state index contributed by atoms with van der Waals surface area (Å²) in [5, 5.41) is 7.86. The number of benzene rings is 2. The Morgan fingerprint density at radius 3 is 2.44 bits per heavy atom. The summed E-state index contributed by atoms with van der Waals surface area (Å²) in [6.45, 7) is 6.69. The predicted molar refractivity (Wildman–Crippen MR) is 110 cm³/mol. The van der Waals surface area contributed by atoms with Crippen LogP contribution in [0, 0.1) is 6.92 Å². The van der Waals surface area contributed by atoms with Gasteiger partial charge in [-0.05, 0) is 31.0 Å². The molecule has 2 aromatic carbocycles. The number of hydrogen-bond acceptors (Lipinski definition) is 3. The molecule has 3 aromatic rings. The van der Waals surface area contributed by atoms with Crippen molar-refractivity contribution in [3.8, 4) is 0 Å². The van der Waals surface area contributed by atoms with Crippen molar-refractivity contribution in [3.63, 3.8) is 0 Å². The number of fused-ring (bicyclic) bond motifs is 1. The van der Waals surface area contributed by atoms with Gasteiger partial charge in [0.2, 0.25) is 0 Å². The summed E-state index contributed by atoms with van der Waals surface area (Å²) in [5.41, 5.74) is 4.47. The van der Waals surface area contributed by atoms with Gasteiger partial charge in [-0.3, -0.25) is 4.99 Å². The molecule has 0 saturated carbocycles. The maximum atomic E-state index is 5.96. The van der Waals surface area contributed by atoms with Crippen LogP contribution in [-0.4, -0.2) is 19.6 Å². The van der Waals surface area contributed by atoms with E-state index in [1.807, 2.05) is 37.3 Å². The molecule has 0 saturated heterocycles. The van der Waals surface area contributed by atoms with Crippen molar-refractivity contribution in [2.75, 3.05) is 13.7 Å². The Bertz CT molecular complexity index is 915. The van der Waals surface area contributed by atoms with Gasteiger partial charge in [0.25, 0.3) is 0 Å². The lowest BCUT2D eigenvalue weighted by Gasteiger charge is -2.14. The van der Waals surface area contributed by atoms with Crippen molar-refractivity contribution in [1.29, 1.82) is 0 Å². The number of ether oxygens (including phenoxy) is 1. The molecule has 3 rings (SSSR count). The van der Waals surface area contributed by atoms with Gasteiger partial charge in [0.1, 0.15) is 11.3 Å². The topological polar surface area (TPSA) is 58.8 Å². The Morgan fingerprint density at radius 1 is 1.00 bits per heavy atom. The van der Waals surface area contributed by atoms with E-state index >= 15 is 0 Å². The number of aliphatic imine (C=N–C) groups is 1. The maximum absolute atomic E-state index is 5.96. The number of guanidine groups is 1. The summed E-state index contributed by atoms with van der Waals surface area (Å²) in [6, 6.07) is 16.4. The first kappa shape index (κ1) is 19.0. The first-order chi connectivity index (χ1) is 13.2. The molecule has 142 valence electrons. The Hall–Kier alpha value is -2.79. The summed E-state index contributed by atoms with van der Waals surface area (Å²) in [4.78, 5) is 4.32. The Kier molecular flexibility index (Phi) is 6.49. The van der Waals surface area contributed by atoms with Gasteiger partial charge in [-0.1, -0.05) is 42.5 Å². The predicted octanol–water partition coefficient (Wildman–Crippen LogP) is 4.14. The summed E-state index contributed by atoms with van der Waals surface area (Å²) < 4.78 is 11.5. The van der Waals surface area contributed by atoms with Crippen molar-refractivity contribution in [2.24, 2.45) is 4.99 Å². The van der Waals surface area contributed by atoms with Gasteiger partial charge < -0.3 is 19.8 Å². The molecular formula is C22H27N3O2. The van der Waals surface area contributed by atoms with Crippen LogP contribution in [0.25, 0.3) is 11.0 Å². The molecular weight excluding hydrogens is 338 g/mol. The van der Waals surface area contributed by atoms with Gasteiger partial charge in [0, 0.05) is 31.1 Å². The van der Waals surface area contributed by atoms with E-state index in [9.17, 15) is 0 Å². The van der Waals surface area contributed by atoms with Crippen molar-refractivity contribution in [3.05, 3.63) is 71.0 Å². The standard InChI is InChI=1S/C22H27N3O2/c1-4-26-15-18-10-6-5-9-17(18)13-24-22(23-3)25-14-21-16(2)19-11-7-8-12-20(19)27-21/h5-12H,4,13-15H2,1-3H3,(H2,23,24,25). The normalized spacial score (nSPS) is 11.7. The smallest absolute Gasteiger partial charge is 0.191 e. The molecule has 0 fully saturated rings. The maximum Gasteiger partial charge on any atom is 0.191 e. The summed E-state index contributed by atoms with van der Waals surface area (Å²) in [7, 11) is 1.77. The van der Waals surface area contributed by atoms with E-state index in [0.29, 0.717) is 26.3 Å². The molecule has 0 unspecified atom stereocenters. The van der Waals surface area contributed by atoms with E-state index in [4.69, 9.17) is 9.15 Å². The molecule has 5 nitrogen and oxygen atoms in total. The highest BCUT2D eigenvalue weighted by molar-refractivity contribution is 5.82. The minimum absolute atomic E-state index is 0.584. The molecule has 0 bridgehead atoms. The third-order valence-electron chi connectivity index (χ3n) is 4.61. The van der Waals surface area contributed by atoms with Crippen LogP contribution in [0.2, 0.25) is 0 Å². The van der Waals surface area contributed by atoms with E-state index in [0.717, 1.165) is 28.3 Å². The highest BCUT2D eigenvalue weighted by Gasteiger charge is 2.10. The van der Waals surface area contributed by atoms with Crippen LogP contribution in [0.15, 0.2) is 57.9 Å². The third-order valence-corrected chi connectivity index (χ3v) is 4.61. The zero-order valence-corrected chi connectivity index (χ0v) is 16.2. The zero-order valence-electron chi connectivity index (χ0n) is 16.2. The van der Waals surface area contributed by atoms with Crippen molar-refractivity contribution in [1.82, 2.24) is 10.6 Å². The fourth-order valence-corrected chi connectivity index (χ4v) is 3.04. The fourth-order valence-electron chi connectivity index (χ4n) is 3.04. The molecule has 0 spiro atoms. The van der Waals surface area contributed by atoms with Crippen molar-refractivity contribution in [2.45, 2.75) is 33.5 Å². The lowest BCUT2D eigenvalue weighted by Crippen LogP contribution is -2.36. The molecule has 27 heavy (non-hydrogen) atoms. The molecule has 0 atom stereocenters. The average Bonchev–Trinajstić information content (AvgIpc) is 3.03.